The summed E-state index contributed by atoms with van der Waals surface area (Å²) >= 11 is 12.8. The van der Waals surface area contributed by atoms with Crippen molar-refractivity contribution < 1.29 is 16.6 Å². The first-order valence-electron chi connectivity index (χ1n) is 0.456. The number of halogens is 4. The van der Waals surface area contributed by atoms with Crippen LogP contribution in [0.2, 0.25) is 0 Å². The van der Waals surface area contributed by atoms with Crippen LogP contribution in [-0.2, 0) is 5.61 Å². The topological polar surface area (TPSA) is 136 Å². The monoisotopic (exact) mass is 451 g/mol. The Morgan fingerprint density at radius 2 is 0.667 bits per heavy atom. The van der Waals surface area contributed by atoms with E-state index in [0.717, 1.165) is 0 Å². The van der Waals surface area contributed by atoms with Gasteiger partial charge < -0.3 is 23.3 Å². The van der Waals surface area contributed by atoms with Gasteiger partial charge in [0.05, 0.1) is 0 Å². The molecule has 0 heterocycles. The molecule has 0 saturated heterocycles. The van der Waals surface area contributed by atoms with Crippen LogP contribution >= 0.6 is 56.4 Å². The van der Waals surface area contributed by atoms with E-state index in [1.54, 1.807) is 0 Å². The second kappa shape index (κ2) is 12.9. The van der Waals surface area contributed by atoms with Crippen LogP contribution in [0.25, 0.3) is 0 Å². The van der Waals surface area contributed by atoms with Gasteiger partial charge in [0.15, 0.2) is 0 Å². The van der Waals surface area contributed by atoms with Crippen molar-refractivity contribution in [1.82, 2.24) is 12.3 Å². The molecule has 9 heteroatoms. The fourth-order valence-electron chi connectivity index (χ4n) is 0. The van der Waals surface area contributed by atoms with Gasteiger partial charge in [-0.25, -0.2) is 0 Å². The van der Waals surface area contributed by atoms with E-state index in [2.05, 4.69) is 56.4 Å². The van der Waals surface area contributed by atoms with Gasteiger partial charge in [0.1, 0.15) is 0 Å². The molecule has 0 spiro atoms. The van der Waals surface area contributed by atoms with E-state index < -0.39 is 5.61 Å². The molecule has 0 aromatic rings. The molecule has 0 aliphatic carbocycles. The average Bonchev–Trinajstić information content (AvgIpc) is 0.722. The molecule has 73 valence electrons. The summed E-state index contributed by atoms with van der Waals surface area (Å²) in [5, 5.41) is 0. The molecular weight excluding hydrogens is 443 g/mol. The van der Waals surface area contributed by atoms with Crippen molar-refractivity contribution in [3.05, 3.63) is 0 Å². The van der Waals surface area contributed by atoms with Gasteiger partial charge in [0.2, 0.25) is 0 Å². The van der Waals surface area contributed by atoms with Crippen LogP contribution in [0.3, 0.4) is 0 Å². The Labute approximate surface area is 84.3 Å². The minimum absolute atomic E-state index is 0. The summed E-state index contributed by atoms with van der Waals surface area (Å²) in [6.07, 6.45) is 0. The summed E-state index contributed by atoms with van der Waals surface area (Å²) in [5.41, 5.74) is -0.875. The van der Waals surface area contributed by atoms with Crippen molar-refractivity contribution in [3.63, 3.8) is 0 Å². The summed E-state index contributed by atoms with van der Waals surface area (Å²) in [7, 11) is 0. The maximum absolute atomic E-state index is 3.20. The van der Waals surface area contributed by atoms with Crippen molar-refractivity contribution in [2.75, 3.05) is 0 Å². The van der Waals surface area contributed by atoms with Crippen LogP contribution in [0.5, 0.6) is 0 Å². The molecule has 0 bridgehead atoms. The fraction of sp³-hybridized carbons (Fsp3) is 0. The van der Waals surface area contributed by atoms with E-state index >= 15 is 0 Å². The van der Waals surface area contributed by atoms with Crippen LogP contribution in [0.15, 0.2) is 0 Å². The van der Waals surface area contributed by atoms with E-state index in [-0.39, 0.29) is 23.3 Å². The van der Waals surface area contributed by atoms with Crippen LogP contribution in [0.4, 0.5) is 0 Å². The van der Waals surface area contributed by atoms with Gasteiger partial charge in [-0.1, -0.05) is 0 Å². The van der Waals surface area contributed by atoms with Gasteiger partial charge in [-0.15, -0.1) is 0 Å². The van der Waals surface area contributed by atoms with E-state index in [1.807, 2.05) is 0 Å². The summed E-state index contributed by atoms with van der Waals surface area (Å²) in [5.74, 6) is 0. The van der Waals surface area contributed by atoms with Gasteiger partial charge in [0.25, 0.3) is 0 Å². The van der Waals surface area contributed by atoms with E-state index in [4.69, 9.17) is 0 Å². The van der Waals surface area contributed by atoms with Crippen molar-refractivity contribution in [2.24, 2.45) is 0 Å². The Bertz CT molecular complexity index is 32.0. The zero-order valence-corrected chi connectivity index (χ0v) is 12.1. The molecule has 0 saturated carbocycles. The van der Waals surface area contributed by atoms with Crippen LogP contribution in [-0.4, -0.2) is 11.0 Å². The van der Waals surface area contributed by atoms with Gasteiger partial charge >= 0.3 is 62.1 Å². The standard InChI is InChI=1S/4BrH.Cu.2H3N.2H2O/h4*1H;;2*1H3;2*1H2/q;;;;+2;;;;/p-2. The largest absolute Gasteiger partial charge is 0.369 e. The number of hydrogen-bond acceptors (Lipinski definition) is 0. The molecule has 0 fully saturated rings. The minimum Gasteiger partial charge on any atom is -0.369 e. The maximum atomic E-state index is 3.20. The predicted molar refractivity (Wildman–Crippen MR) is 54.9 cm³/mol. The molecule has 0 radical (unpaired) electrons. The molecule has 0 aromatic heterocycles. The number of rotatable bonds is 0. The van der Waals surface area contributed by atoms with Gasteiger partial charge in [-0.05, 0) is 0 Å². The summed E-state index contributed by atoms with van der Waals surface area (Å²) < 4.78 is 0. The summed E-state index contributed by atoms with van der Waals surface area (Å²) in [6.45, 7) is 0. The third-order valence-electron chi connectivity index (χ3n) is 0. The maximum Gasteiger partial charge on any atom is -0.369 e. The van der Waals surface area contributed by atoms with Crippen LogP contribution in [0, 0.1) is 0 Å². The normalized spacial score (nSPS) is 8.44. The molecule has 0 aliphatic heterocycles. The summed E-state index contributed by atoms with van der Waals surface area (Å²) in [6, 6.07) is 0. The van der Waals surface area contributed by atoms with Crippen molar-refractivity contribution in [1.29, 1.82) is 0 Å². The van der Waals surface area contributed by atoms with E-state index in [1.165, 1.54) is 0 Å². The first-order chi connectivity index (χ1) is 2.00. The van der Waals surface area contributed by atoms with Gasteiger partial charge in [0, 0.05) is 0 Å². The Hall–Kier alpha value is 2.28. The number of quaternary nitrogens is 2. The molecule has 12 N–H and O–H groups in total. The zero-order chi connectivity index (χ0) is 4.50. The smallest absolute Gasteiger partial charge is 0.369 e. The SMILES string of the molecule is O.O.[Br][Cu-2]([Br])([Br])[Br].[NH4+].[NH4+]. The van der Waals surface area contributed by atoms with E-state index in [0.29, 0.717) is 0 Å². The summed E-state index contributed by atoms with van der Waals surface area (Å²) in [4.78, 5) is 0. The molecular formula is H12Br4CuN2O2. The molecule has 0 aliphatic rings. The zero-order valence-electron chi connectivity index (χ0n) is 4.81. The second-order valence-corrected chi connectivity index (χ2v) is 28.8. The Balaban J connectivity index is -0.0000000133. The first-order valence-corrected chi connectivity index (χ1v) is 9.77. The molecule has 0 rings (SSSR count). The quantitative estimate of drug-likeness (QED) is 0.519. The van der Waals surface area contributed by atoms with Gasteiger partial charge in [-0.2, -0.15) is 0 Å². The minimum atomic E-state index is -0.875. The van der Waals surface area contributed by atoms with Crippen LogP contribution in [0.1, 0.15) is 0 Å². The predicted octanol–water partition coefficient (Wildman–Crippen LogP) is 2.48. The molecule has 0 atom stereocenters. The molecule has 0 aromatic carbocycles. The Morgan fingerprint density at radius 3 is 0.667 bits per heavy atom. The van der Waals surface area contributed by atoms with Crippen molar-refractivity contribution >= 4 is 56.4 Å². The van der Waals surface area contributed by atoms with Gasteiger partial charge in [-0.3, -0.25) is 0 Å². The molecule has 9 heavy (non-hydrogen) atoms. The molecule has 0 unspecified atom stereocenters. The third kappa shape index (κ3) is 136. The Kier molecular flexibility index (Phi) is 43.4. The Morgan fingerprint density at radius 1 is 0.667 bits per heavy atom. The molecule has 4 nitrogen and oxygen atoms in total. The van der Waals surface area contributed by atoms with Crippen LogP contribution < -0.4 is 12.3 Å². The van der Waals surface area contributed by atoms with Crippen molar-refractivity contribution in [3.8, 4) is 0 Å². The average molecular weight is 455 g/mol. The second-order valence-electron chi connectivity index (χ2n) is 0.258. The third-order valence-corrected chi connectivity index (χ3v) is 0. The fourth-order valence-corrected chi connectivity index (χ4v) is 0. The van der Waals surface area contributed by atoms with E-state index in [9.17, 15) is 0 Å². The van der Waals surface area contributed by atoms with Crippen molar-refractivity contribution in [2.45, 2.75) is 0 Å². The molecule has 0 amide bonds. The number of hydrogen-bond donors (Lipinski definition) is 2. The first kappa shape index (κ1) is 30.2.